The second-order valence-electron chi connectivity index (χ2n) is 2.41. The molecule has 1 aliphatic rings. The molecule has 0 aliphatic carbocycles. The van der Waals surface area contributed by atoms with Crippen LogP contribution in [0, 0.1) is 5.92 Å². The van der Waals surface area contributed by atoms with Crippen LogP contribution in [0.4, 0.5) is 0 Å². The van der Waals surface area contributed by atoms with E-state index in [0.717, 1.165) is 6.54 Å². The molecule has 1 heterocycles. The average molecular weight is 166 g/mol. The fraction of sp³-hybridized carbons (Fsp3) is 0.833. The van der Waals surface area contributed by atoms with E-state index < -0.39 is 4.33 Å². The van der Waals surface area contributed by atoms with Gasteiger partial charge in [0.25, 0.3) is 0 Å². The minimum atomic E-state index is -0.568. The molecule has 0 aromatic rings. The van der Waals surface area contributed by atoms with Crippen molar-refractivity contribution in [1.82, 2.24) is 0 Å². The minimum Gasteiger partial charge on any atom is -0.297 e. The summed E-state index contributed by atoms with van der Waals surface area (Å²) in [6.45, 7) is 2.77. The van der Waals surface area contributed by atoms with E-state index >= 15 is 0 Å². The molecule has 1 atom stereocenters. The molecule has 0 spiro atoms. The van der Waals surface area contributed by atoms with Crippen molar-refractivity contribution in [1.29, 1.82) is 0 Å². The molecule has 1 nitrogen and oxygen atoms in total. The van der Waals surface area contributed by atoms with Crippen LogP contribution in [0.15, 0.2) is 4.99 Å². The molecule has 0 aromatic carbocycles. The lowest BCUT2D eigenvalue weighted by molar-refractivity contribution is 0.510. The predicted molar refractivity (Wildman–Crippen MR) is 41.6 cm³/mol. The van der Waals surface area contributed by atoms with Crippen LogP contribution in [0.3, 0.4) is 0 Å². The molecule has 0 saturated carbocycles. The van der Waals surface area contributed by atoms with Crippen LogP contribution < -0.4 is 0 Å². The van der Waals surface area contributed by atoms with Gasteiger partial charge in [0.15, 0.2) is 0 Å². The minimum absolute atomic E-state index is 0.283. The van der Waals surface area contributed by atoms with Crippen molar-refractivity contribution in [2.24, 2.45) is 10.9 Å². The van der Waals surface area contributed by atoms with E-state index in [2.05, 4.69) is 4.99 Å². The van der Waals surface area contributed by atoms with E-state index in [4.69, 9.17) is 23.2 Å². The SMILES string of the molecule is C[C@@H]1CN=CCC1(Cl)Cl. The van der Waals surface area contributed by atoms with Crippen LogP contribution in [0.25, 0.3) is 0 Å². The first kappa shape index (κ1) is 7.36. The number of hydrogen-bond acceptors (Lipinski definition) is 1. The second-order valence-corrected chi connectivity index (χ2v) is 3.96. The Morgan fingerprint density at radius 3 is 2.67 bits per heavy atom. The monoisotopic (exact) mass is 165 g/mol. The van der Waals surface area contributed by atoms with Gasteiger partial charge < -0.3 is 0 Å². The standard InChI is InChI=1S/C6H9Cl2N/c1-5-4-9-3-2-6(5,7)8/h3,5H,2,4H2,1H3/t5-/m1/s1. The molecule has 1 aliphatic heterocycles. The van der Waals surface area contributed by atoms with Crippen LogP contribution in [-0.4, -0.2) is 17.1 Å². The Bertz CT molecular complexity index is 131. The summed E-state index contributed by atoms with van der Waals surface area (Å²) in [6.07, 6.45) is 2.47. The molecule has 0 bridgehead atoms. The Morgan fingerprint density at radius 1 is 1.67 bits per heavy atom. The van der Waals surface area contributed by atoms with Gasteiger partial charge in [0, 0.05) is 25.1 Å². The molecule has 1 rings (SSSR count). The van der Waals surface area contributed by atoms with Gasteiger partial charge in [-0.25, -0.2) is 0 Å². The summed E-state index contributed by atoms with van der Waals surface area (Å²) in [7, 11) is 0. The highest BCUT2D eigenvalue weighted by atomic mass is 35.5. The predicted octanol–water partition coefficient (Wildman–Crippen LogP) is 2.27. The molecule has 3 heteroatoms. The maximum Gasteiger partial charge on any atom is 0.127 e. The summed E-state index contributed by atoms with van der Waals surface area (Å²) in [6, 6.07) is 0. The molecular weight excluding hydrogens is 157 g/mol. The van der Waals surface area contributed by atoms with E-state index in [9.17, 15) is 0 Å². The third-order valence-electron chi connectivity index (χ3n) is 1.59. The zero-order valence-corrected chi connectivity index (χ0v) is 6.78. The first-order valence-corrected chi connectivity index (χ1v) is 3.74. The van der Waals surface area contributed by atoms with Gasteiger partial charge in [-0.3, -0.25) is 4.99 Å². The van der Waals surface area contributed by atoms with Gasteiger partial charge in [0.2, 0.25) is 0 Å². The average Bonchev–Trinajstić information content (AvgIpc) is 1.77. The lowest BCUT2D eigenvalue weighted by Gasteiger charge is -2.26. The first-order valence-electron chi connectivity index (χ1n) is 2.99. The summed E-state index contributed by atoms with van der Waals surface area (Å²) < 4.78 is -0.568. The van der Waals surface area contributed by atoms with Gasteiger partial charge in [0.05, 0.1) is 0 Å². The van der Waals surface area contributed by atoms with Crippen molar-refractivity contribution in [3.05, 3.63) is 0 Å². The molecule has 0 saturated heterocycles. The number of nitrogens with zero attached hydrogens (tertiary/aromatic N) is 1. The number of hydrogen-bond donors (Lipinski definition) is 0. The van der Waals surface area contributed by atoms with Gasteiger partial charge in [-0.15, -0.1) is 23.2 Å². The van der Waals surface area contributed by atoms with Gasteiger partial charge in [0.1, 0.15) is 4.33 Å². The van der Waals surface area contributed by atoms with E-state index in [1.165, 1.54) is 0 Å². The third-order valence-corrected chi connectivity index (χ3v) is 2.65. The molecule has 52 valence electrons. The third kappa shape index (κ3) is 1.59. The van der Waals surface area contributed by atoms with Crippen molar-refractivity contribution in [3.8, 4) is 0 Å². The maximum atomic E-state index is 5.90. The van der Waals surface area contributed by atoms with Crippen molar-refractivity contribution < 1.29 is 0 Å². The van der Waals surface area contributed by atoms with Crippen LogP contribution in [0.5, 0.6) is 0 Å². The highest BCUT2D eigenvalue weighted by Gasteiger charge is 2.32. The smallest absolute Gasteiger partial charge is 0.127 e. The van der Waals surface area contributed by atoms with Gasteiger partial charge >= 0.3 is 0 Å². The molecule has 0 fully saturated rings. The van der Waals surface area contributed by atoms with Crippen LogP contribution >= 0.6 is 23.2 Å². The molecule has 0 amide bonds. The Labute approximate surface area is 65.1 Å². The molecule has 0 radical (unpaired) electrons. The molecular formula is C6H9Cl2N. The van der Waals surface area contributed by atoms with Crippen molar-refractivity contribution in [2.75, 3.05) is 6.54 Å². The zero-order valence-electron chi connectivity index (χ0n) is 5.27. The Morgan fingerprint density at radius 2 is 2.33 bits per heavy atom. The number of aliphatic imine (C=N–C) groups is 1. The summed E-state index contributed by atoms with van der Waals surface area (Å²) in [5, 5.41) is 0. The quantitative estimate of drug-likeness (QED) is 0.489. The zero-order chi connectivity index (χ0) is 6.91. The number of rotatable bonds is 0. The molecule has 0 aromatic heterocycles. The normalized spacial score (nSPS) is 32.6. The fourth-order valence-corrected chi connectivity index (χ4v) is 1.03. The Balaban J connectivity index is 2.64. The van der Waals surface area contributed by atoms with Crippen molar-refractivity contribution >= 4 is 29.4 Å². The highest BCUT2D eigenvalue weighted by Crippen LogP contribution is 2.35. The first-order chi connectivity index (χ1) is 4.13. The largest absolute Gasteiger partial charge is 0.297 e. The lowest BCUT2D eigenvalue weighted by atomic mass is 10.0. The summed E-state index contributed by atoms with van der Waals surface area (Å²) >= 11 is 11.8. The van der Waals surface area contributed by atoms with Crippen molar-refractivity contribution in [2.45, 2.75) is 17.7 Å². The Kier molecular flexibility index (Phi) is 2.02. The lowest BCUT2D eigenvalue weighted by Crippen LogP contribution is -2.29. The maximum absolute atomic E-state index is 5.90. The fourth-order valence-electron chi connectivity index (χ4n) is 0.754. The molecule has 0 N–H and O–H groups in total. The summed E-state index contributed by atoms with van der Waals surface area (Å²) in [5.41, 5.74) is 0. The second kappa shape index (κ2) is 2.47. The van der Waals surface area contributed by atoms with E-state index in [1.54, 1.807) is 6.21 Å². The number of halogens is 2. The van der Waals surface area contributed by atoms with Gasteiger partial charge in [-0.2, -0.15) is 0 Å². The summed E-state index contributed by atoms with van der Waals surface area (Å²) in [5.74, 6) is 0.283. The topological polar surface area (TPSA) is 12.4 Å². The van der Waals surface area contributed by atoms with Crippen LogP contribution in [0.1, 0.15) is 13.3 Å². The Hall–Kier alpha value is 0.250. The van der Waals surface area contributed by atoms with Crippen LogP contribution in [0.2, 0.25) is 0 Å². The number of alkyl halides is 2. The molecule has 0 unspecified atom stereocenters. The van der Waals surface area contributed by atoms with Crippen LogP contribution in [-0.2, 0) is 0 Å². The summed E-state index contributed by atoms with van der Waals surface area (Å²) in [4.78, 5) is 4.06. The van der Waals surface area contributed by atoms with Crippen molar-refractivity contribution in [3.63, 3.8) is 0 Å². The van der Waals surface area contributed by atoms with E-state index in [0.29, 0.717) is 6.42 Å². The van der Waals surface area contributed by atoms with E-state index in [1.807, 2.05) is 6.92 Å². The van der Waals surface area contributed by atoms with E-state index in [-0.39, 0.29) is 5.92 Å². The van der Waals surface area contributed by atoms with Gasteiger partial charge in [-0.1, -0.05) is 6.92 Å². The highest BCUT2D eigenvalue weighted by molar-refractivity contribution is 6.49. The van der Waals surface area contributed by atoms with Gasteiger partial charge in [-0.05, 0) is 0 Å². The molecule has 9 heavy (non-hydrogen) atoms.